The monoisotopic (exact) mass is 112 g/mol. The summed E-state index contributed by atoms with van der Waals surface area (Å²) < 4.78 is 0. The van der Waals surface area contributed by atoms with Gasteiger partial charge in [-0.1, -0.05) is 13.0 Å². The van der Waals surface area contributed by atoms with Crippen molar-refractivity contribution in [2.75, 3.05) is 0 Å². The molecule has 1 N–H and O–H groups in total. The Bertz CT molecular complexity index is 137. The number of carbonyl (C=O) groups is 1. The van der Waals surface area contributed by atoms with Crippen molar-refractivity contribution in [3.63, 3.8) is 0 Å². The fourth-order valence-corrected chi connectivity index (χ4v) is 0.680. The maximum atomic E-state index is 10.5. The fourth-order valence-electron chi connectivity index (χ4n) is 0.680. The van der Waals surface area contributed by atoms with Gasteiger partial charge < -0.3 is 5.11 Å². The Labute approximate surface area is 47.8 Å². The molecule has 0 heterocycles. The van der Waals surface area contributed by atoms with E-state index in [9.17, 15) is 4.79 Å². The van der Waals surface area contributed by atoms with Crippen molar-refractivity contribution < 1.29 is 9.90 Å². The van der Waals surface area contributed by atoms with Gasteiger partial charge in [0.25, 0.3) is 0 Å². The highest BCUT2D eigenvalue weighted by Crippen LogP contribution is 2.12. The number of hydrogen-bond donors (Lipinski definition) is 1. The Morgan fingerprint density at radius 2 is 2.38 bits per heavy atom. The van der Waals surface area contributed by atoms with Gasteiger partial charge in [-0.2, -0.15) is 0 Å². The van der Waals surface area contributed by atoms with Crippen LogP contribution in [0.1, 0.15) is 6.92 Å². The lowest BCUT2D eigenvalue weighted by molar-refractivity contribution is -0.118. The molecular weight excluding hydrogens is 104 g/mol. The van der Waals surface area contributed by atoms with Crippen LogP contribution < -0.4 is 0 Å². The van der Waals surface area contributed by atoms with Gasteiger partial charge in [0, 0.05) is 5.92 Å². The largest absolute Gasteiger partial charge is 0.388 e. The summed E-state index contributed by atoms with van der Waals surface area (Å²) >= 11 is 0. The molecule has 2 nitrogen and oxygen atoms in total. The van der Waals surface area contributed by atoms with Crippen LogP contribution in [0.25, 0.3) is 0 Å². The van der Waals surface area contributed by atoms with Crippen LogP contribution in [0.4, 0.5) is 0 Å². The van der Waals surface area contributed by atoms with Gasteiger partial charge in [0.15, 0.2) is 5.78 Å². The zero-order valence-corrected chi connectivity index (χ0v) is 4.66. The van der Waals surface area contributed by atoms with Crippen LogP contribution in [0, 0.1) is 5.92 Å². The Balaban J connectivity index is 2.69. The quantitative estimate of drug-likeness (QED) is 0.483. The summed E-state index contributed by atoms with van der Waals surface area (Å²) in [5, 5.41) is 8.86. The van der Waals surface area contributed by atoms with Crippen LogP contribution in [0.15, 0.2) is 12.2 Å². The van der Waals surface area contributed by atoms with Crippen molar-refractivity contribution in [1.82, 2.24) is 0 Å². The molecule has 1 rings (SSSR count). The smallest absolute Gasteiger partial charge is 0.161 e. The van der Waals surface area contributed by atoms with Gasteiger partial charge in [-0.15, -0.1) is 0 Å². The highest BCUT2D eigenvalue weighted by Gasteiger charge is 2.22. The molecule has 0 aromatic rings. The highest BCUT2D eigenvalue weighted by atomic mass is 16.3. The molecule has 0 amide bonds. The Hall–Kier alpha value is -0.630. The molecule has 0 fully saturated rings. The second-order valence-corrected chi connectivity index (χ2v) is 2.04. The van der Waals surface area contributed by atoms with Crippen LogP contribution >= 0.6 is 0 Å². The van der Waals surface area contributed by atoms with Crippen molar-refractivity contribution in [2.45, 2.75) is 13.0 Å². The summed E-state index contributed by atoms with van der Waals surface area (Å²) in [7, 11) is 0. The van der Waals surface area contributed by atoms with Crippen LogP contribution in [-0.4, -0.2) is 17.0 Å². The van der Waals surface area contributed by atoms with Gasteiger partial charge in [0.2, 0.25) is 0 Å². The van der Waals surface area contributed by atoms with Crippen molar-refractivity contribution in [3.05, 3.63) is 12.2 Å². The minimum absolute atomic E-state index is 0.0255. The zero-order valence-electron chi connectivity index (χ0n) is 4.66. The first kappa shape index (κ1) is 5.51. The number of aliphatic hydroxyl groups excluding tert-OH is 1. The molecule has 0 saturated carbocycles. The lowest BCUT2D eigenvalue weighted by Gasteiger charge is -2.02. The molecule has 0 aliphatic heterocycles. The van der Waals surface area contributed by atoms with E-state index in [4.69, 9.17) is 5.11 Å². The number of carbonyl (C=O) groups excluding carboxylic acids is 1. The van der Waals surface area contributed by atoms with Gasteiger partial charge in [0.05, 0.1) is 6.10 Å². The van der Waals surface area contributed by atoms with Gasteiger partial charge >= 0.3 is 0 Å². The Morgan fingerprint density at radius 3 is 2.50 bits per heavy atom. The van der Waals surface area contributed by atoms with Crippen LogP contribution in [-0.2, 0) is 4.79 Å². The molecule has 0 radical (unpaired) electrons. The lowest BCUT2D eigenvalue weighted by atomic mass is 10.1. The van der Waals surface area contributed by atoms with E-state index >= 15 is 0 Å². The van der Waals surface area contributed by atoms with Crippen molar-refractivity contribution in [1.29, 1.82) is 0 Å². The first-order valence-electron chi connectivity index (χ1n) is 2.62. The average Bonchev–Trinajstić information content (AvgIpc) is 1.98. The molecule has 0 aromatic carbocycles. The summed E-state index contributed by atoms with van der Waals surface area (Å²) in [6.45, 7) is 1.72. The maximum absolute atomic E-state index is 10.5. The number of hydrogen-bond acceptors (Lipinski definition) is 2. The molecule has 2 heteroatoms. The Kier molecular flexibility index (Phi) is 1.18. The van der Waals surface area contributed by atoms with Gasteiger partial charge in [0.1, 0.15) is 0 Å². The van der Waals surface area contributed by atoms with E-state index in [1.54, 1.807) is 6.92 Å². The predicted molar refractivity (Wildman–Crippen MR) is 29.3 cm³/mol. The number of ketones is 1. The first-order chi connectivity index (χ1) is 3.72. The molecule has 44 valence electrons. The molecule has 0 aromatic heterocycles. The van der Waals surface area contributed by atoms with Crippen LogP contribution in [0.5, 0.6) is 0 Å². The standard InChI is InChI=1S/C6H8O2/c1-4-5(7)2-3-6(4)8/h2-5,7H,1H3/t4-,5+/m1/s1. The van der Waals surface area contributed by atoms with Crippen LogP contribution in [0.3, 0.4) is 0 Å². The van der Waals surface area contributed by atoms with Crippen molar-refractivity contribution in [2.24, 2.45) is 5.92 Å². The minimum atomic E-state index is -0.539. The molecule has 8 heavy (non-hydrogen) atoms. The normalized spacial score (nSPS) is 36.5. The maximum Gasteiger partial charge on any atom is 0.161 e. The highest BCUT2D eigenvalue weighted by molar-refractivity contribution is 5.94. The van der Waals surface area contributed by atoms with E-state index < -0.39 is 6.10 Å². The molecule has 1 aliphatic rings. The molecule has 2 atom stereocenters. The summed E-state index contributed by atoms with van der Waals surface area (Å²) in [5.74, 6) is -0.188. The fraction of sp³-hybridized carbons (Fsp3) is 0.500. The Morgan fingerprint density at radius 1 is 1.75 bits per heavy atom. The number of aliphatic hydroxyl groups is 1. The second-order valence-electron chi connectivity index (χ2n) is 2.04. The minimum Gasteiger partial charge on any atom is -0.388 e. The third kappa shape index (κ3) is 0.670. The van der Waals surface area contributed by atoms with Crippen molar-refractivity contribution in [3.8, 4) is 0 Å². The summed E-state index contributed by atoms with van der Waals surface area (Å²) in [5.41, 5.74) is 0. The molecule has 0 saturated heterocycles. The van der Waals surface area contributed by atoms with Crippen molar-refractivity contribution >= 4 is 5.78 Å². The lowest BCUT2D eigenvalue weighted by Crippen LogP contribution is -2.15. The van der Waals surface area contributed by atoms with E-state index in [1.165, 1.54) is 12.2 Å². The van der Waals surface area contributed by atoms with Gasteiger partial charge in [-0.3, -0.25) is 4.79 Å². The van der Waals surface area contributed by atoms with E-state index in [0.717, 1.165) is 0 Å². The molecule has 0 unspecified atom stereocenters. The van der Waals surface area contributed by atoms with E-state index in [2.05, 4.69) is 0 Å². The molecular formula is C6H8O2. The van der Waals surface area contributed by atoms with Gasteiger partial charge in [-0.25, -0.2) is 0 Å². The van der Waals surface area contributed by atoms with Crippen LogP contribution in [0.2, 0.25) is 0 Å². The average molecular weight is 112 g/mol. The summed E-state index contributed by atoms with van der Waals surface area (Å²) in [4.78, 5) is 10.5. The predicted octanol–water partition coefficient (Wildman–Crippen LogP) is 0.122. The van der Waals surface area contributed by atoms with E-state index in [0.29, 0.717) is 0 Å². The third-order valence-electron chi connectivity index (χ3n) is 1.42. The second kappa shape index (κ2) is 1.71. The number of allylic oxidation sites excluding steroid dienone is 1. The summed E-state index contributed by atoms with van der Waals surface area (Å²) in [6, 6.07) is 0. The van der Waals surface area contributed by atoms with E-state index in [-0.39, 0.29) is 11.7 Å². The number of rotatable bonds is 0. The third-order valence-corrected chi connectivity index (χ3v) is 1.42. The van der Waals surface area contributed by atoms with E-state index in [1.807, 2.05) is 0 Å². The zero-order chi connectivity index (χ0) is 6.15. The summed E-state index contributed by atoms with van der Waals surface area (Å²) in [6.07, 6.45) is 2.41. The first-order valence-corrected chi connectivity index (χ1v) is 2.62. The molecule has 0 bridgehead atoms. The molecule has 0 spiro atoms. The van der Waals surface area contributed by atoms with Gasteiger partial charge in [-0.05, 0) is 6.08 Å². The topological polar surface area (TPSA) is 37.3 Å². The molecule has 1 aliphatic carbocycles. The SMILES string of the molecule is C[C@H]1C(=O)C=C[C@@H]1O.